The van der Waals surface area contributed by atoms with Crippen molar-refractivity contribution in [1.82, 2.24) is 15.1 Å². The second kappa shape index (κ2) is 9.58. The highest BCUT2D eigenvalue weighted by Crippen LogP contribution is 2.38. The number of nitrogens with zero attached hydrogens (tertiary/aromatic N) is 3. The largest absolute Gasteiger partial charge is 0.454 e. The number of anilines is 1. The van der Waals surface area contributed by atoms with E-state index in [-0.39, 0.29) is 35.6 Å². The van der Waals surface area contributed by atoms with Gasteiger partial charge >= 0.3 is 6.18 Å². The summed E-state index contributed by atoms with van der Waals surface area (Å²) in [6, 6.07) is 11.7. The van der Waals surface area contributed by atoms with Crippen LogP contribution in [0.5, 0.6) is 0 Å². The van der Waals surface area contributed by atoms with E-state index in [0.29, 0.717) is 17.5 Å². The first-order chi connectivity index (χ1) is 18.1. The van der Waals surface area contributed by atoms with Gasteiger partial charge in [-0.25, -0.2) is 9.38 Å². The van der Waals surface area contributed by atoms with Crippen LogP contribution in [-0.2, 0) is 11.3 Å². The molecule has 2 atom stereocenters. The number of ketones is 1. The summed E-state index contributed by atoms with van der Waals surface area (Å²) in [6.45, 7) is -0.0764. The number of para-hydroxylation sites is 1. The lowest BCUT2D eigenvalue weighted by Gasteiger charge is -2.39. The number of carbonyl (C=O) groups excluding carboxylic acids is 2. The highest BCUT2D eigenvalue weighted by Gasteiger charge is 2.48. The molecule has 2 aliphatic heterocycles. The summed E-state index contributed by atoms with van der Waals surface area (Å²) in [5, 5.41) is 14.8. The van der Waals surface area contributed by atoms with E-state index in [1.54, 1.807) is 31.3 Å². The van der Waals surface area contributed by atoms with Crippen molar-refractivity contribution in [2.45, 2.75) is 44.1 Å². The van der Waals surface area contributed by atoms with Crippen molar-refractivity contribution in [3.8, 4) is 0 Å². The number of hydrogen-bond donors (Lipinski definition) is 3. The molecule has 2 aromatic carbocycles. The van der Waals surface area contributed by atoms with Crippen LogP contribution in [0.3, 0.4) is 0 Å². The molecule has 0 radical (unpaired) electrons. The molecule has 1 aliphatic carbocycles. The molecule has 8 nitrogen and oxygen atoms in total. The Balaban J connectivity index is 1.49. The number of fused-ring (bicyclic) bond motifs is 3. The first kappa shape index (κ1) is 25.4. The second-order valence-corrected chi connectivity index (χ2v) is 9.31. The summed E-state index contributed by atoms with van der Waals surface area (Å²) in [6.07, 6.45) is -2.57. The fourth-order valence-corrected chi connectivity index (χ4v) is 5.04. The van der Waals surface area contributed by atoms with Gasteiger partial charge in [-0.15, -0.1) is 0 Å². The molecule has 0 bridgehead atoms. The summed E-state index contributed by atoms with van der Waals surface area (Å²) in [4.78, 5) is 32.9. The number of amides is 1. The summed E-state index contributed by atoms with van der Waals surface area (Å²) in [7, 11) is 1.59. The lowest BCUT2D eigenvalue weighted by Crippen LogP contribution is -2.55. The van der Waals surface area contributed by atoms with E-state index < -0.39 is 29.2 Å². The zero-order valence-corrected chi connectivity index (χ0v) is 20.3. The molecule has 1 amide bonds. The topological polar surface area (TPSA) is 101 Å². The molecule has 2 heterocycles. The molecule has 0 aromatic heterocycles. The second-order valence-electron chi connectivity index (χ2n) is 9.31. The number of alkyl halides is 3. The predicted molar refractivity (Wildman–Crippen MR) is 132 cm³/mol. The molecule has 3 aliphatic rings. The number of aliphatic imine (C=N–C) groups is 1. The molecule has 198 valence electrons. The summed E-state index contributed by atoms with van der Waals surface area (Å²) in [5.41, 5.74) is -0.159. The SMILES string of the molecule is CN1C(=O)C(C(=N)Nc2ccccc2)=C(NCc2ccc(C(=O)C(F)(F)F)c(F)c2)N2C1=N[C@@H]1CCC[C@@H]12. The molecule has 1 fully saturated rings. The van der Waals surface area contributed by atoms with E-state index in [4.69, 9.17) is 10.4 Å². The number of carbonyl (C=O) groups is 2. The first-order valence-electron chi connectivity index (χ1n) is 12.0. The molecule has 38 heavy (non-hydrogen) atoms. The minimum absolute atomic E-state index is 0.0159. The van der Waals surface area contributed by atoms with E-state index in [0.717, 1.165) is 31.4 Å². The number of nitrogens with one attached hydrogen (secondary N) is 3. The average molecular weight is 529 g/mol. The number of benzene rings is 2. The van der Waals surface area contributed by atoms with Crippen molar-refractivity contribution in [3.05, 3.63) is 76.9 Å². The van der Waals surface area contributed by atoms with Crippen LogP contribution in [-0.4, -0.2) is 58.6 Å². The average Bonchev–Trinajstić information content (AvgIpc) is 3.47. The van der Waals surface area contributed by atoms with Crippen LogP contribution >= 0.6 is 0 Å². The van der Waals surface area contributed by atoms with Crippen LogP contribution < -0.4 is 10.6 Å². The van der Waals surface area contributed by atoms with E-state index in [1.807, 2.05) is 11.0 Å². The molecule has 3 N–H and O–H groups in total. The van der Waals surface area contributed by atoms with Crippen LogP contribution in [0, 0.1) is 11.2 Å². The summed E-state index contributed by atoms with van der Waals surface area (Å²) in [5.74, 6) is -3.42. The summed E-state index contributed by atoms with van der Waals surface area (Å²) >= 11 is 0. The van der Waals surface area contributed by atoms with Crippen LogP contribution in [0.2, 0.25) is 0 Å². The Labute approximate surface area is 215 Å². The fourth-order valence-electron chi connectivity index (χ4n) is 5.04. The summed E-state index contributed by atoms with van der Waals surface area (Å²) < 4.78 is 52.8. The molecular formula is C26H24F4N6O2. The van der Waals surface area contributed by atoms with Crippen LogP contribution in [0.15, 0.2) is 64.9 Å². The Kier molecular flexibility index (Phi) is 6.41. The maximum absolute atomic E-state index is 14.5. The van der Waals surface area contributed by atoms with E-state index in [2.05, 4.69) is 10.6 Å². The molecule has 2 aromatic rings. The van der Waals surface area contributed by atoms with Gasteiger partial charge < -0.3 is 10.6 Å². The number of amidine groups is 1. The van der Waals surface area contributed by atoms with Crippen LogP contribution in [0.4, 0.5) is 23.2 Å². The zero-order chi connectivity index (χ0) is 27.2. The minimum atomic E-state index is -5.19. The van der Waals surface area contributed by atoms with Gasteiger partial charge in [-0.1, -0.05) is 24.3 Å². The lowest BCUT2D eigenvalue weighted by atomic mass is 10.1. The predicted octanol–water partition coefficient (Wildman–Crippen LogP) is 4.03. The highest BCUT2D eigenvalue weighted by atomic mass is 19.4. The molecular weight excluding hydrogens is 504 g/mol. The number of rotatable bonds is 6. The van der Waals surface area contributed by atoms with Crippen LogP contribution in [0.25, 0.3) is 0 Å². The van der Waals surface area contributed by atoms with Gasteiger partial charge in [0.1, 0.15) is 23.0 Å². The van der Waals surface area contributed by atoms with Gasteiger partial charge in [0, 0.05) is 19.3 Å². The maximum atomic E-state index is 14.5. The molecule has 0 saturated heterocycles. The number of guanidine groups is 1. The van der Waals surface area contributed by atoms with Crippen molar-refractivity contribution in [3.63, 3.8) is 0 Å². The van der Waals surface area contributed by atoms with Gasteiger partial charge in [0.05, 0.1) is 17.6 Å². The van der Waals surface area contributed by atoms with Crippen molar-refractivity contribution in [2.75, 3.05) is 12.4 Å². The van der Waals surface area contributed by atoms with Crippen molar-refractivity contribution in [1.29, 1.82) is 5.41 Å². The molecule has 0 spiro atoms. The molecule has 0 unspecified atom stereocenters. The number of likely N-dealkylation sites (N-methyl/N-ethyl adjacent to an activating group) is 1. The number of halogens is 4. The number of hydrogen-bond acceptors (Lipinski definition) is 6. The van der Waals surface area contributed by atoms with Gasteiger partial charge in [-0.05, 0) is 49.1 Å². The molecule has 1 saturated carbocycles. The first-order valence-corrected chi connectivity index (χ1v) is 12.0. The van der Waals surface area contributed by atoms with Gasteiger partial charge in [0.15, 0.2) is 0 Å². The van der Waals surface area contributed by atoms with Gasteiger partial charge in [-0.3, -0.25) is 24.8 Å². The smallest absolute Gasteiger partial charge is 0.367 e. The monoisotopic (exact) mass is 528 g/mol. The van der Waals surface area contributed by atoms with E-state index in [1.165, 1.54) is 11.0 Å². The zero-order valence-electron chi connectivity index (χ0n) is 20.3. The lowest BCUT2D eigenvalue weighted by molar-refractivity contribution is -0.123. The maximum Gasteiger partial charge on any atom is 0.454 e. The third-order valence-electron chi connectivity index (χ3n) is 6.86. The third-order valence-corrected chi connectivity index (χ3v) is 6.86. The third kappa shape index (κ3) is 4.50. The van der Waals surface area contributed by atoms with Crippen molar-refractivity contribution in [2.24, 2.45) is 4.99 Å². The van der Waals surface area contributed by atoms with E-state index in [9.17, 15) is 27.2 Å². The van der Waals surface area contributed by atoms with Crippen molar-refractivity contribution < 1.29 is 27.2 Å². The Morgan fingerprint density at radius 1 is 1.16 bits per heavy atom. The Morgan fingerprint density at radius 2 is 1.89 bits per heavy atom. The van der Waals surface area contributed by atoms with E-state index >= 15 is 0 Å². The Morgan fingerprint density at radius 3 is 2.58 bits per heavy atom. The fraction of sp³-hybridized carbons (Fsp3) is 0.308. The van der Waals surface area contributed by atoms with Crippen molar-refractivity contribution >= 4 is 29.2 Å². The number of Topliss-reactive ketones (excluding diaryl/α,β-unsaturated/α-hetero) is 1. The highest BCUT2D eigenvalue weighted by molar-refractivity contribution is 6.28. The van der Waals surface area contributed by atoms with Crippen LogP contribution in [0.1, 0.15) is 35.2 Å². The van der Waals surface area contributed by atoms with Gasteiger partial charge in [0.2, 0.25) is 5.96 Å². The Bertz CT molecular complexity index is 1370. The van der Waals surface area contributed by atoms with Gasteiger partial charge in [0.25, 0.3) is 11.7 Å². The molecule has 12 heteroatoms. The minimum Gasteiger partial charge on any atom is -0.367 e. The Hall–Kier alpha value is -4.22. The van der Waals surface area contributed by atoms with Gasteiger partial charge in [-0.2, -0.15) is 13.2 Å². The quantitative estimate of drug-likeness (QED) is 0.228. The molecule has 5 rings (SSSR count). The standard InChI is InChI=1S/C26H24F4N6O2/c1-35-24(38)20(22(31)33-15-6-3-2-4-7-15)23(36-19-9-5-8-18(19)34-25(35)36)32-13-14-10-11-16(17(27)12-14)21(37)26(28,29)30/h2-4,6-7,10-12,18-19,32H,5,8-9,13H2,1H3,(H2,31,33)/t18-,19+/m1/s1. The normalized spacial score (nSPS) is 20.8.